The van der Waals surface area contributed by atoms with Crippen LogP contribution in [0, 0.1) is 5.41 Å². The Bertz CT molecular complexity index is 408. The van der Waals surface area contributed by atoms with E-state index in [1.807, 2.05) is 0 Å². The zero-order valence-corrected chi connectivity index (χ0v) is 14.0. The largest absolute Gasteiger partial charge is 0.391 e. The van der Waals surface area contributed by atoms with E-state index >= 15 is 0 Å². The minimum Gasteiger partial charge on any atom is -0.391 e. The second-order valence-electron chi connectivity index (χ2n) is 6.09. The summed E-state index contributed by atoms with van der Waals surface area (Å²) in [5, 5.41) is 13.6. The van der Waals surface area contributed by atoms with Crippen LogP contribution in [0.2, 0.25) is 0 Å². The molecular formula is C16H26Cl2N2O. The normalized spacial score (nSPS) is 24.9. The molecule has 2 aliphatic rings. The van der Waals surface area contributed by atoms with E-state index in [-0.39, 0.29) is 36.3 Å². The minimum absolute atomic E-state index is 0. The molecule has 0 bridgehead atoms. The Kier molecular flexibility index (Phi) is 7.45. The zero-order valence-electron chi connectivity index (χ0n) is 12.3. The van der Waals surface area contributed by atoms with E-state index in [9.17, 15) is 5.11 Å². The van der Waals surface area contributed by atoms with Gasteiger partial charge in [-0.25, -0.2) is 0 Å². The highest BCUT2D eigenvalue weighted by atomic mass is 35.5. The van der Waals surface area contributed by atoms with Gasteiger partial charge < -0.3 is 10.4 Å². The van der Waals surface area contributed by atoms with Gasteiger partial charge in [0.05, 0.1) is 6.10 Å². The third kappa shape index (κ3) is 4.33. The van der Waals surface area contributed by atoms with Crippen LogP contribution in [0.4, 0.5) is 0 Å². The van der Waals surface area contributed by atoms with Gasteiger partial charge in [-0.05, 0) is 44.5 Å². The summed E-state index contributed by atoms with van der Waals surface area (Å²) in [6.07, 6.45) is 3.26. The molecule has 2 fully saturated rings. The number of nitrogens with one attached hydrogen (secondary N) is 1. The summed E-state index contributed by atoms with van der Waals surface area (Å²) in [6, 6.07) is 10.7. The maximum atomic E-state index is 10.3. The van der Waals surface area contributed by atoms with Crippen LogP contribution in [0.3, 0.4) is 0 Å². The van der Waals surface area contributed by atoms with Gasteiger partial charge in [0, 0.05) is 18.5 Å². The van der Waals surface area contributed by atoms with Gasteiger partial charge in [-0.3, -0.25) is 4.90 Å². The van der Waals surface area contributed by atoms with Crippen LogP contribution in [0.15, 0.2) is 30.3 Å². The average Bonchev–Trinajstić information content (AvgIpc) is 2.46. The van der Waals surface area contributed by atoms with Gasteiger partial charge in [-0.15, -0.1) is 24.8 Å². The van der Waals surface area contributed by atoms with Crippen molar-refractivity contribution in [1.82, 2.24) is 10.2 Å². The van der Waals surface area contributed by atoms with Crippen molar-refractivity contribution in [2.75, 3.05) is 26.2 Å². The monoisotopic (exact) mass is 332 g/mol. The molecule has 0 aromatic heterocycles. The van der Waals surface area contributed by atoms with Crippen molar-refractivity contribution in [3.63, 3.8) is 0 Å². The number of likely N-dealkylation sites (tertiary alicyclic amines) is 1. The summed E-state index contributed by atoms with van der Waals surface area (Å²) in [7, 11) is 0. The smallest absolute Gasteiger partial charge is 0.0722 e. The van der Waals surface area contributed by atoms with Crippen molar-refractivity contribution in [2.45, 2.75) is 31.9 Å². The molecule has 1 aromatic carbocycles. The van der Waals surface area contributed by atoms with Gasteiger partial charge in [0.25, 0.3) is 0 Å². The molecule has 0 aliphatic carbocycles. The summed E-state index contributed by atoms with van der Waals surface area (Å²) >= 11 is 0. The lowest BCUT2D eigenvalue weighted by Gasteiger charge is -2.47. The van der Waals surface area contributed by atoms with E-state index < -0.39 is 0 Å². The third-order valence-electron chi connectivity index (χ3n) is 4.95. The Balaban J connectivity index is 0.00000110. The Morgan fingerprint density at radius 2 is 1.76 bits per heavy atom. The molecule has 21 heavy (non-hydrogen) atoms. The number of halogens is 2. The first-order valence-electron chi connectivity index (χ1n) is 7.44. The second-order valence-corrected chi connectivity index (χ2v) is 6.09. The van der Waals surface area contributed by atoms with Gasteiger partial charge >= 0.3 is 0 Å². The van der Waals surface area contributed by atoms with E-state index in [0.717, 1.165) is 52.0 Å². The van der Waals surface area contributed by atoms with Crippen LogP contribution in [0.1, 0.15) is 24.8 Å². The number of benzene rings is 1. The molecule has 1 atom stereocenters. The van der Waals surface area contributed by atoms with Crippen LogP contribution in [-0.4, -0.2) is 42.3 Å². The number of β-amino-alcohol motifs (C(OH)–C–C–N with tert-alkyl or cyclic N) is 1. The van der Waals surface area contributed by atoms with Crippen molar-refractivity contribution < 1.29 is 5.11 Å². The summed E-state index contributed by atoms with van der Waals surface area (Å²) in [6.45, 7) is 5.12. The van der Waals surface area contributed by atoms with Crippen molar-refractivity contribution in [3.8, 4) is 0 Å². The standard InChI is InChI=1S/C16H24N2O.2ClH/c19-15-12-17-9-6-16(15)7-10-18(11-8-16)13-14-4-2-1-3-5-14;;/h1-5,15,17,19H,6-13H2;2*1H. The summed E-state index contributed by atoms with van der Waals surface area (Å²) < 4.78 is 0. The number of nitrogens with zero attached hydrogens (tertiary/aromatic N) is 1. The van der Waals surface area contributed by atoms with E-state index in [4.69, 9.17) is 0 Å². The minimum atomic E-state index is -0.153. The summed E-state index contributed by atoms with van der Waals surface area (Å²) in [5.41, 5.74) is 1.59. The highest BCUT2D eigenvalue weighted by molar-refractivity contribution is 5.85. The van der Waals surface area contributed by atoms with Crippen LogP contribution < -0.4 is 5.32 Å². The Morgan fingerprint density at radius 3 is 2.38 bits per heavy atom. The van der Waals surface area contributed by atoms with Gasteiger partial charge in [-0.2, -0.15) is 0 Å². The lowest BCUT2D eigenvalue weighted by Crippen LogP contribution is -2.53. The number of rotatable bonds is 2. The number of aliphatic hydroxyl groups excluding tert-OH is 1. The average molecular weight is 333 g/mol. The van der Waals surface area contributed by atoms with E-state index in [2.05, 4.69) is 40.5 Å². The van der Waals surface area contributed by atoms with Gasteiger partial charge in [0.1, 0.15) is 0 Å². The Morgan fingerprint density at radius 1 is 1.10 bits per heavy atom. The predicted octanol–water partition coefficient (Wildman–Crippen LogP) is 2.47. The van der Waals surface area contributed by atoms with Crippen LogP contribution >= 0.6 is 24.8 Å². The molecule has 2 saturated heterocycles. The van der Waals surface area contributed by atoms with Crippen molar-refractivity contribution in [1.29, 1.82) is 0 Å². The highest BCUT2D eigenvalue weighted by Crippen LogP contribution is 2.39. The number of piperidine rings is 2. The molecular weight excluding hydrogens is 307 g/mol. The number of hydrogen-bond acceptors (Lipinski definition) is 3. The number of aliphatic hydroxyl groups is 1. The summed E-state index contributed by atoms with van der Waals surface area (Å²) in [4.78, 5) is 2.52. The topological polar surface area (TPSA) is 35.5 Å². The van der Waals surface area contributed by atoms with E-state index in [1.165, 1.54) is 5.56 Å². The fourth-order valence-electron chi connectivity index (χ4n) is 3.54. The Labute approximate surface area is 139 Å². The Hall–Kier alpha value is -0.320. The molecule has 1 spiro atoms. The number of hydrogen-bond donors (Lipinski definition) is 2. The molecule has 2 aliphatic heterocycles. The van der Waals surface area contributed by atoms with Crippen molar-refractivity contribution in [2.24, 2.45) is 5.41 Å². The summed E-state index contributed by atoms with van der Waals surface area (Å²) in [5.74, 6) is 0. The van der Waals surface area contributed by atoms with E-state index in [0.29, 0.717) is 0 Å². The molecule has 1 unspecified atom stereocenters. The molecule has 0 amide bonds. The van der Waals surface area contributed by atoms with Crippen molar-refractivity contribution >= 4 is 24.8 Å². The molecule has 3 rings (SSSR count). The second kappa shape index (κ2) is 8.35. The van der Waals surface area contributed by atoms with Gasteiger partial charge in [0.2, 0.25) is 0 Å². The van der Waals surface area contributed by atoms with Crippen LogP contribution in [-0.2, 0) is 6.54 Å². The van der Waals surface area contributed by atoms with Crippen LogP contribution in [0.5, 0.6) is 0 Å². The fraction of sp³-hybridized carbons (Fsp3) is 0.625. The molecule has 2 N–H and O–H groups in total. The predicted molar refractivity (Wildman–Crippen MR) is 91.4 cm³/mol. The zero-order chi connectivity index (χ0) is 13.1. The first kappa shape index (κ1) is 18.7. The first-order valence-corrected chi connectivity index (χ1v) is 7.44. The molecule has 120 valence electrons. The molecule has 0 saturated carbocycles. The molecule has 5 heteroatoms. The van der Waals surface area contributed by atoms with Crippen LogP contribution in [0.25, 0.3) is 0 Å². The molecule has 2 heterocycles. The maximum absolute atomic E-state index is 10.3. The SMILES string of the molecule is Cl.Cl.OC1CNCCC12CCN(Cc1ccccc1)CC2. The first-order chi connectivity index (χ1) is 9.28. The van der Waals surface area contributed by atoms with Gasteiger partial charge in [0.15, 0.2) is 0 Å². The molecule has 1 aromatic rings. The molecule has 3 nitrogen and oxygen atoms in total. The van der Waals surface area contributed by atoms with E-state index in [1.54, 1.807) is 0 Å². The lowest BCUT2D eigenvalue weighted by molar-refractivity contribution is -0.0448. The lowest BCUT2D eigenvalue weighted by atomic mass is 9.69. The van der Waals surface area contributed by atoms with Gasteiger partial charge in [-0.1, -0.05) is 30.3 Å². The highest BCUT2D eigenvalue weighted by Gasteiger charge is 2.41. The third-order valence-corrected chi connectivity index (χ3v) is 4.95. The quantitative estimate of drug-likeness (QED) is 0.873. The van der Waals surface area contributed by atoms with Crippen molar-refractivity contribution in [3.05, 3.63) is 35.9 Å². The maximum Gasteiger partial charge on any atom is 0.0722 e. The molecule has 0 radical (unpaired) electrons. The fourth-order valence-corrected chi connectivity index (χ4v) is 3.54.